The molecule has 1 heterocycles. The predicted octanol–water partition coefficient (Wildman–Crippen LogP) is 2.15. The number of carbonyl (C=O) groups is 1. The maximum absolute atomic E-state index is 11.9. The Morgan fingerprint density at radius 2 is 2.06 bits per heavy atom. The first-order chi connectivity index (χ1) is 8.66. The molecule has 0 aliphatic rings. The van der Waals surface area contributed by atoms with Crippen LogP contribution in [-0.4, -0.2) is 10.9 Å². The van der Waals surface area contributed by atoms with Crippen LogP contribution in [0.25, 0.3) is 0 Å². The molecule has 0 saturated carbocycles. The first kappa shape index (κ1) is 12.1. The quantitative estimate of drug-likeness (QED) is 0.809. The van der Waals surface area contributed by atoms with Crippen LogP contribution < -0.4 is 11.1 Å². The Bertz CT molecular complexity index is 517. The zero-order valence-corrected chi connectivity index (χ0v) is 10.2. The lowest BCUT2D eigenvalue weighted by Crippen LogP contribution is -2.16. The Labute approximate surface area is 106 Å². The van der Waals surface area contributed by atoms with Gasteiger partial charge < -0.3 is 11.1 Å². The molecule has 18 heavy (non-hydrogen) atoms. The average Bonchev–Trinajstić information content (AvgIpc) is 2.35. The van der Waals surface area contributed by atoms with Gasteiger partial charge >= 0.3 is 0 Å². The summed E-state index contributed by atoms with van der Waals surface area (Å²) in [6.07, 6.45) is 1.96. The van der Waals surface area contributed by atoms with Gasteiger partial charge in [0.2, 0.25) is 5.91 Å². The van der Waals surface area contributed by atoms with E-state index in [1.807, 2.05) is 31.2 Å². The fourth-order valence-electron chi connectivity index (χ4n) is 1.68. The summed E-state index contributed by atoms with van der Waals surface area (Å²) in [7, 11) is 0. The number of anilines is 2. The number of para-hydroxylation sites is 1. The monoisotopic (exact) mass is 241 g/mol. The van der Waals surface area contributed by atoms with Gasteiger partial charge in [-0.05, 0) is 30.7 Å². The molecule has 1 aromatic heterocycles. The van der Waals surface area contributed by atoms with Crippen LogP contribution >= 0.6 is 0 Å². The van der Waals surface area contributed by atoms with E-state index in [-0.39, 0.29) is 12.3 Å². The molecule has 0 radical (unpaired) electrons. The first-order valence-electron chi connectivity index (χ1n) is 5.71. The van der Waals surface area contributed by atoms with Crippen molar-refractivity contribution in [3.05, 3.63) is 53.9 Å². The van der Waals surface area contributed by atoms with Crippen molar-refractivity contribution < 1.29 is 4.79 Å². The van der Waals surface area contributed by atoms with Crippen molar-refractivity contribution in [2.45, 2.75) is 13.3 Å². The van der Waals surface area contributed by atoms with E-state index in [0.717, 1.165) is 16.9 Å². The van der Waals surface area contributed by atoms with E-state index >= 15 is 0 Å². The zero-order valence-electron chi connectivity index (χ0n) is 10.2. The van der Waals surface area contributed by atoms with E-state index in [0.29, 0.717) is 5.69 Å². The minimum absolute atomic E-state index is 0.0935. The molecule has 0 aliphatic carbocycles. The van der Waals surface area contributed by atoms with Gasteiger partial charge in [-0.3, -0.25) is 9.78 Å². The summed E-state index contributed by atoms with van der Waals surface area (Å²) >= 11 is 0. The summed E-state index contributed by atoms with van der Waals surface area (Å²) in [6.45, 7) is 1.85. The van der Waals surface area contributed by atoms with E-state index in [1.165, 1.54) is 0 Å². The van der Waals surface area contributed by atoms with Crippen molar-refractivity contribution in [1.82, 2.24) is 4.98 Å². The van der Waals surface area contributed by atoms with Gasteiger partial charge in [0.05, 0.1) is 17.8 Å². The summed E-state index contributed by atoms with van der Waals surface area (Å²) < 4.78 is 0. The maximum Gasteiger partial charge on any atom is 0.228 e. The van der Waals surface area contributed by atoms with Crippen LogP contribution in [0.15, 0.2) is 42.6 Å². The Morgan fingerprint density at radius 1 is 1.28 bits per heavy atom. The van der Waals surface area contributed by atoms with Gasteiger partial charge in [-0.2, -0.15) is 0 Å². The van der Waals surface area contributed by atoms with Crippen molar-refractivity contribution in [3.8, 4) is 0 Å². The number of pyridine rings is 1. The molecule has 2 aromatic rings. The fraction of sp³-hybridized carbons (Fsp3) is 0.143. The lowest BCUT2D eigenvalue weighted by atomic mass is 10.1. The van der Waals surface area contributed by atoms with Crippen LogP contribution in [0.3, 0.4) is 0 Å². The molecule has 3 N–H and O–H groups in total. The van der Waals surface area contributed by atoms with Gasteiger partial charge in [0.1, 0.15) is 0 Å². The Morgan fingerprint density at radius 3 is 2.78 bits per heavy atom. The molecule has 0 bridgehead atoms. The molecule has 92 valence electrons. The molecular weight excluding hydrogens is 226 g/mol. The summed E-state index contributed by atoms with van der Waals surface area (Å²) in [6, 6.07) is 11.0. The predicted molar refractivity (Wildman–Crippen MR) is 72.2 cm³/mol. The molecular formula is C14H15N3O. The van der Waals surface area contributed by atoms with Crippen molar-refractivity contribution in [2.24, 2.45) is 0 Å². The molecule has 0 unspecified atom stereocenters. The average molecular weight is 241 g/mol. The second-order valence-electron chi connectivity index (χ2n) is 4.06. The van der Waals surface area contributed by atoms with E-state index in [1.54, 1.807) is 18.3 Å². The molecule has 0 fully saturated rings. The lowest BCUT2D eigenvalue weighted by molar-refractivity contribution is -0.115. The third-order valence-electron chi connectivity index (χ3n) is 2.69. The lowest BCUT2D eigenvalue weighted by Gasteiger charge is -2.08. The number of aromatic nitrogens is 1. The number of rotatable bonds is 3. The minimum Gasteiger partial charge on any atom is -0.398 e. The van der Waals surface area contributed by atoms with Crippen LogP contribution in [-0.2, 0) is 11.2 Å². The second kappa shape index (κ2) is 5.31. The van der Waals surface area contributed by atoms with Gasteiger partial charge in [0.25, 0.3) is 0 Å². The van der Waals surface area contributed by atoms with Crippen LogP contribution in [0.4, 0.5) is 11.4 Å². The Hall–Kier alpha value is -2.36. The highest BCUT2D eigenvalue weighted by Crippen LogP contribution is 2.14. The third kappa shape index (κ3) is 2.85. The molecule has 1 amide bonds. The standard InChI is InChI=1S/C14H15N3O/c1-10-13(7-4-8-16-10)17-14(18)9-11-5-2-3-6-12(11)15/h2-8H,9,15H2,1H3,(H,17,18). The highest BCUT2D eigenvalue weighted by Gasteiger charge is 2.07. The summed E-state index contributed by atoms with van der Waals surface area (Å²) in [5.74, 6) is -0.0935. The van der Waals surface area contributed by atoms with E-state index < -0.39 is 0 Å². The molecule has 0 aliphatic heterocycles. The highest BCUT2D eigenvalue weighted by molar-refractivity contribution is 5.93. The van der Waals surface area contributed by atoms with Crippen molar-refractivity contribution in [3.63, 3.8) is 0 Å². The molecule has 4 nitrogen and oxygen atoms in total. The number of carbonyl (C=O) groups excluding carboxylic acids is 1. The SMILES string of the molecule is Cc1ncccc1NC(=O)Cc1ccccc1N. The number of hydrogen-bond donors (Lipinski definition) is 2. The first-order valence-corrected chi connectivity index (χ1v) is 5.71. The Kier molecular flexibility index (Phi) is 3.57. The number of hydrogen-bond acceptors (Lipinski definition) is 3. The van der Waals surface area contributed by atoms with E-state index in [2.05, 4.69) is 10.3 Å². The van der Waals surface area contributed by atoms with Crippen LogP contribution in [0.5, 0.6) is 0 Å². The molecule has 0 spiro atoms. The molecule has 2 rings (SSSR count). The summed E-state index contributed by atoms with van der Waals surface area (Å²) in [4.78, 5) is 16.0. The number of nitrogens with one attached hydrogen (secondary N) is 1. The van der Waals surface area contributed by atoms with E-state index in [4.69, 9.17) is 5.73 Å². The molecule has 0 atom stereocenters. The second-order valence-corrected chi connectivity index (χ2v) is 4.06. The molecule has 1 aromatic carbocycles. The smallest absolute Gasteiger partial charge is 0.228 e. The minimum atomic E-state index is -0.0935. The van der Waals surface area contributed by atoms with Crippen molar-refractivity contribution in [2.75, 3.05) is 11.1 Å². The fourth-order valence-corrected chi connectivity index (χ4v) is 1.68. The molecule has 4 heteroatoms. The van der Waals surface area contributed by atoms with Crippen molar-refractivity contribution >= 4 is 17.3 Å². The maximum atomic E-state index is 11.9. The van der Waals surface area contributed by atoms with E-state index in [9.17, 15) is 4.79 Å². The summed E-state index contributed by atoms with van der Waals surface area (Å²) in [5, 5.41) is 2.83. The number of benzene rings is 1. The Balaban J connectivity index is 2.06. The normalized spacial score (nSPS) is 10.1. The van der Waals surface area contributed by atoms with Gasteiger partial charge in [0.15, 0.2) is 0 Å². The number of nitrogen functional groups attached to an aromatic ring is 1. The van der Waals surface area contributed by atoms with Crippen LogP contribution in [0.1, 0.15) is 11.3 Å². The zero-order chi connectivity index (χ0) is 13.0. The number of amides is 1. The van der Waals surface area contributed by atoms with Crippen LogP contribution in [0.2, 0.25) is 0 Å². The summed E-state index contributed by atoms with van der Waals surface area (Å²) in [5.41, 5.74) is 8.80. The van der Waals surface area contributed by atoms with Crippen LogP contribution in [0, 0.1) is 6.92 Å². The number of aryl methyl sites for hydroxylation is 1. The third-order valence-corrected chi connectivity index (χ3v) is 2.69. The van der Waals surface area contributed by atoms with Crippen molar-refractivity contribution in [1.29, 1.82) is 0 Å². The number of nitrogens with zero attached hydrogens (tertiary/aromatic N) is 1. The molecule has 0 saturated heterocycles. The number of nitrogens with two attached hydrogens (primary N) is 1. The largest absolute Gasteiger partial charge is 0.398 e. The van der Waals surface area contributed by atoms with Gasteiger partial charge in [-0.1, -0.05) is 18.2 Å². The topological polar surface area (TPSA) is 68.0 Å². The van der Waals surface area contributed by atoms with Gasteiger partial charge in [-0.15, -0.1) is 0 Å². The van der Waals surface area contributed by atoms with Gasteiger partial charge in [0, 0.05) is 11.9 Å². The van der Waals surface area contributed by atoms with Gasteiger partial charge in [-0.25, -0.2) is 0 Å². The highest BCUT2D eigenvalue weighted by atomic mass is 16.1.